The molecule has 2 aromatic heterocycles. The maximum Gasteiger partial charge on any atom is 0.415 e. The lowest BCUT2D eigenvalue weighted by Gasteiger charge is -2.18. The number of nitrogens with zero attached hydrogens (tertiary/aromatic N) is 4. The molecule has 1 saturated heterocycles. The summed E-state index contributed by atoms with van der Waals surface area (Å²) in [5.74, 6) is 0.555. The normalized spacial score (nSPS) is 15.4. The standard InChI is InChI=1S/C22H23BrN6O4/c1-28-11-14(10-26-28)13-7-17(20(24)25-9-13)21(30)27-16-5-6-29(12-16)22(31)33-18-4-3-15(23)8-19(18)32-2/h3-4,7-11,16H,5-6,12H2,1-2H3,(H2,24,25)(H,27,30)/t16-/m1/s1. The van der Waals surface area contributed by atoms with Crippen LogP contribution in [0, 0.1) is 0 Å². The lowest BCUT2D eigenvalue weighted by molar-refractivity contribution is 0.0937. The minimum atomic E-state index is -0.507. The van der Waals surface area contributed by atoms with Gasteiger partial charge in [-0.25, -0.2) is 9.78 Å². The molecule has 2 amide bonds. The number of carbonyl (C=O) groups excluding carboxylic acids is 2. The summed E-state index contributed by atoms with van der Waals surface area (Å²) in [6.07, 6.45) is 5.21. The summed E-state index contributed by atoms with van der Waals surface area (Å²) in [5.41, 5.74) is 7.80. The summed E-state index contributed by atoms with van der Waals surface area (Å²) in [4.78, 5) is 31.2. The number of hydrogen-bond donors (Lipinski definition) is 2. The van der Waals surface area contributed by atoms with Crippen LogP contribution in [0.2, 0.25) is 0 Å². The van der Waals surface area contributed by atoms with Crippen molar-refractivity contribution in [3.8, 4) is 22.6 Å². The molecule has 1 aliphatic heterocycles. The van der Waals surface area contributed by atoms with Crippen molar-refractivity contribution in [2.24, 2.45) is 7.05 Å². The highest BCUT2D eigenvalue weighted by Gasteiger charge is 2.30. The van der Waals surface area contributed by atoms with Gasteiger partial charge in [-0.2, -0.15) is 5.10 Å². The van der Waals surface area contributed by atoms with Crippen LogP contribution in [0.3, 0.4) is 0 Å². The van der Waals surface area contributed by atoms with Gasteiger partial charge in [-0.1, -0.05) is 15.9 Å². The van der Waals surface area contributed by atoms with Crippen molar-refractivity contribution in [1.82, 2.24) is 25.0 Å². The van der Waals surface area contributed by atoms with Gasteiger partial charge in [-0.15, -0.1) is 0 Å². The number of halogens is 1. The molecular weight excluding hydrogens is 492 g/mol. The van der Waals surface area contributed by atoms with E-state index in [9.17, 15) is 9.59 Å². The van der Waals surface area contributed by atoms with E-state index in [1.807, 2.05) is 13.2 Å². The molecule has 0 radical (unpaired) electrons. The first-order valence-electron chi connectivity index (χ1n) is 10.2. The zero-order valence-corrected chi connectivity index (χ0v) is 19.7. The number of aromatic nitrogens is 3. The third-order valence-electron chi connectivity index (χ3n) is 5.31. The minimum Gasteiger partial charge on any atom is -0.493 e. The smallest absolute Gasteiger partial charge is 0.415 e. The number of nitrogen functional groups attached to an aromatic ring is 1. The monoisotopic (exact) mass is 514 g/mol. The summed E-state index contributed by atoms with van der Waals surface area (Å²) in [6.45, 7) is 0.769. The number of ether oxygens (including phenoxy) is 2. The van der Waals surface area contributed by atoms with Crippen LogP contribution in [0.15, 0.2) is 47.3 Å². The first-order chi connectivity index (χ1) is 15.8. The van der Waals surface area contributed by atoms with E-state index in [1.165, 1.54) is 7.11 Å². The Hall–Kier alpha value is -3.60. The maximum atomic E-state index is 12.9. The summed E-state index contributed by atoms with van der Waals surface area (Å²) < 4.78 is 13.2. The summed E-state index contributed by atoms with van der Waals surface area (Å²) in [7, 11) is 3.32. The Morgan fingerprint density at radius 2 is 2.03 bits per heavy atom. The highest BCUT2D eigenvalue weighted by molar-refractivity contribution is 9.10. The van der Waals surface area contributed by atoms with Gasteiger partial charge in [0.25, 0.3) is 5.91 Å². The first kappa shape index (κ1) is 22.6. The lowest BCUT2D eigenvalue weighted by atomic mass is 10.1. The van der Waals surface area contributed by atoms with E-state index in [2.05, 4.69) is 31.3 Å². The van der Waals surface area contributed by atoms with Crippen LogP contribution in [-0.4, -0.2) is 57.9 Å². The third kappa shape index (κ3) is 5.08. The molecule has 0 aliphatic carbocycles. The van der Waals surface area contributed by atoms with Gasteiger partial charge in [0.2, 0.25) is 0 Å². The van der Waals surface area contributed by atoms with Gasteiger partial charge in [-0.3, -0.25) is 9.48 Å². The molecule has 0 bridgehead atoms. The van der Waals surface area contributed by atoms with Crippen molar-refractivity contribution in [3.05, 3.63) is 52.9 Å². The van der Waals surface area contributed by atoms with Crippen molar-refractivity contribution in [1.29, 1.82) is 0 Å². The molecular formula is C22H23BrN6O4. The average Bonchev–Trinajstić information content (AvgIpc) is 3.44. The zero-order chi connectivity index (χ0) is 23.5. The van der Waals surface area contributed by atoms with Crippen molar-refractivity contribution in [2.75, 3.05) is 25.9 Å². The number of rotatable bonds is 5. The van der Waals surface area contributed by atoms with Crippen LogP contribution >= 0.6 is 15.9 Å². The molecule has 3 heterocycles. The average molecular weight is 515 g/mol. The summed E-state index contributed by atoms with van der Waals surface area (Å²) in [5, 5.41) is 7.08. The topological polar surface area (TPSA) is 125 Å². The molecule has 11 heteroatoms. The number of benzene rings is 1. The Balaban J connectivity index is 1.39. The number of carbonyl (C=O) groups is 2. The molecule has 1 fully saturated rings. The largest absolute Gasteiger partial charge is 0.493 e. The second kappa shape index (κ2) is 9.49. The maximum absolute atomic E-state index is 12.9. The highest BCUT2D eigenvalue weighted by Crippen LogP contribution is 2.31. The van der Waals surface area contributed by atoms with Crippen LogP contribution in [0.1, 0.15) is 16.8 Å². The number of likely N-dealkylation sites (tertiary alicyclic amines) is 1. The van der Waals surface area contributed by atoms with Gasteiger partial charge >= 0.3 is 6.09 Å². The summed E-state index contributed by atoms with van der Waals surface area (Å²) in [6, 6.07) is 6.58. The minimum absolute atomic E-state index is 0.136. The zero-order valence-electron chi connectivity index (χ0n) is 18.1. The molecule has 10 nitrogen and oxygen atoms in total. The molecule has 1 atom stereocenters. The number of nitrogens with two attached hydrogens (primary N) is 1. The number of pyridine rings is 1. The van der Waals surface area contributed by atoms with E-state index in [0.717, 1.165) is 15.6 Å². The van der Waals surface area contributed by atoms with Gasteiger partial charge in [0.05, 0.1) is 18.9 Å². The number of anilines is 1. The van der Waals surface area contributed by atoms with E-state index in [4.69, 9.17) is 15.2 Å². The van der Waals surface area contributed by atoms with Gasteiger partial charge in [0.15, 0.2) is 11.5 Å². The number of amides is 2. The SMILES string of the molecule is COc1cc(Br)ccc1OC(=O)N1CC[C@@H](NC(=O)c2cc(-c3cnn(C)c3)cnc2N)C1. The highest BCUT2D eigenvalue weighted by atomic mass is 79.9. The molecule has 4 rings (SSSR count). The van der Waals surface area contributed by atoms with Gasteiger partial charge in [0, 0.05) is 54.2 Å². The molecule has 1 aliphatic rings. The van der Waals surface area contributed by atoms with Crippen molar-refractivity contribution in [2.45, 2.75) is 12.5 Å². The quantitative estimate of drug-likeness (QED) is 0.536. The van der Waals surface area contributed by atoms with E-state index in [-0.39, 0.29) is 23.3 Å². The molecule has 3 N–H and O–H groups in total. The van der Waals surface area contributed by atoms with E-state index >= 15 is 0 Å². The second-order valence-corrected chi connectivity index (χ2v) is 8.54. The molecule has 0 saturated carbocycles. The molecule has 172 valence electrons. The van der Waals surface area contributed by atoms with Crippen LogP contribution in [-0.2, 0) is 7.05 Å². The Labute approximate surface area is 198 Å². The molecule has 0 spiro atoms. The van der Waals surface area contributed by atoms with E-state index in [1.54, 1.807) is 46.2 Å². The lowest BCUT2D eigenvalue weighted by Crippen LogP contribution is -2.39. The van der Waals surface area contributed by atoms with Crippen molar-refractivity contribution in [3.63, 3.8) is 0 Å². The first-order valence-corrected chi connectivity index (χ1v) is 11.0. The Morgan fingerprint density at radius 3 is 2.76 bits per heavy atom. The fraction of sp³-hybridized carbons (Fsp3) is 0.273. The predicted octanol–water partition coefficient (Wildman–Crippen LogP) is 2.84. The Bertz CT molecular complexity index is 1200. The fourth-order valence-electron chi connectivity index (χ4n) is 3.58. The second-order valence-electron chi connectivity index (χ2n) is 7.63. The van der Waals surface area contributed by atoms with Crippen LogP contribution in [0.4, 0.5) is 10.6 Å². The van der Waals surface area contributed by atoms with Crippen molar-refractivity contribution >= 4 is 33.7 Å². The Kier molecular flexibility index (Phi) is 6.50. The van der Waals surface area contributed by atoms with E-state index in [0.29, 0.717) is 31.0 Å². The number of nitrogens with one attached hydrogen (secondary N) is 1. The van der Waals surface area contributed by atoms with Crippen LogP contribution in [0.5, 0.6) is 11.5 Å². The molecule has 33 heavy (non-hydrogen) atoms. The molecule has 0 unspecified atom stereocenters. The summed E-state index contributed by atoms with van der Waals surface area (Å²) >= 11 is 3.35. The number of hydrogen-bond acceptors (Lipinski definition) is 7. The Morgan fingerprint density at radius 1 is 1.21 bits per heavy atom. The van der Waals surface area contributed by atoms with Crippen molar-refractivity contribution < 1.29 is 19.1 Å². The van der Waals surface area contributed by atoms with E-state index < -0.39 is 6.09 Å². The van der Waals surface area contributed by atoms with Gasteiger partial charge in [-0.05, 0) is 30.7 Å². The van der Waals surface area contributed by atoms with Crippen LogP contribution in [0.25, 0.3) is 11.1 Å². The predicted molar refractivity (Wildman–Crippen MR) is 125 cm³/mol. The fourth-order valence-corrected chi connectivity index (χ4v) is 3.92. The number of methoxy groups -OCH3 is 1. The molecule has 3 aromatic rings. The van der Waals surface area contributed by atoms with Crippen LogP contribution < -0.4 is 20.5 Å². The van der Waals surface area contributed by atoms with Gasteiger partial charge in [0.1, 0.15) is 5.82 Å². The third-order valence-corrected chi connectivity index (χ3v) is 5.80. The number of aryl methyl sites for hydroxylation is 1. The molecule has 1 aromatic carbocycles. The van der Waals surface area contributed by atoms with Gasteiger partial charge < -0.3 is 25.4 Å².